The molecule has 1 aliphatic rings. The quantitative estimate of drug-likeness (QED) is 0.695. The molecule has 3 aromatic rings. The molecule has 0 bridgehead atoms. The number of alkyl halides is 3. The first-order chi connectivity index (χ1) is 13.7. The number of H-pyrrole nitrogens is 1. The Balaban J connectivity index is 1.93. The summed E-state index contributed by atoms with van der Waals surface area (Å²) in [6.07, 6.45) is -3.19. The highest BCUT2D eigenvalue weighted by molar-refractivity contribution is 5.89. The van der Waals surface area contributed by atoms with Gasteiger partial charge in [-0.2, -0.15) is 18.4 Å². The van der Waals surface area contributed by atoms with E-state index in [-0.39, 0.29) is 24.4 Å². The van der Waals surface area contributed by atoms with Crippen LogP contribution in [0.5, 0.6) is 5.75 Å². The lowest BCUT2D eigenvalue weighted by Gasteiger charge is -2.41. The van der Waals surface area contributed by atoms with E-state index in [0.29, 0.717) is 22.0 Å². The van der Waals surface area contributed by atoms with Crippen molar-refractivity contribution in [3.8, 4) is 11.8 Å². The zero-order valence-electron chi connectivity index (χ0n) is 15.9. The van der Waals surface area contributed by atoms with Crippen LogP contribution in [0.4, 0.5) is 13.2 Å². The van der Waals surface area contributed by atoms with E-state index >= 15 is 0 Å². The van der Waals surface area contributed by atoms with Crippen molar-refractivity contribution < 1.29 is 17.9 Å². The molecule has 0 aliphatic carbocycles. The van der Waals surface area contributed by atoms with E-state index in [0.717, 1.165) is 11.1 Å². The van der Waals surface area contributed by atoms with Crippen LogP contribution in [0.1, 0.15) is 27.8 Å². The average Bonchev–Trinajstić information content (AvgIpc) is 3.33. The third-order valence-electron chi connectivity index (χ3n) is 5.59. The fourth-order valence-electron chi connectivity index (χ4n) is 4.12. The van der Waals surface area contributed by atoms with Crippen molar-refractivity contribution in [2.45, 2.75) is 31.9 Å². The van der Waals surface area contributed by atoms with Gasteiger partial charge in [-0.1, -0.05) is 6.07 Å². The summed E-state index contributed by atoms with van der Waals surface area (Å²) in [5, 5.41) is 9.47. The second-order valence-electron chi connectivity index (χ2n) is 7.25. The number of hydrogen-bond donors (Lipinski definition) is 2. The molecule has 29 heavy (non-hydrogen) atoms. The number of rotatable bonds is 3. The minimum atomic E-state index is -4.78. The number of halogens is 3. The van der Waals surface area contributed by atoms with Crippen molar-refractivity contribution in [2.75, 3.05) is 7.11 Å². The van der Waals surface area contributed by atoms with Crippen LogP contribution in [0.15, 0.2) is 36.5 Å². The molecule has 1 aliphatic heterocycles. The van der Waals surface area contributed by atoms with Crippen LogP contribution in [0, 0.1) is 18.3 Å². The summed E-state index contributed by atoms with van der Waals surface area (Å²) in [6.45, 7) is 1.79. The molecule has 4 rings (SSSR count). The fourth-order valence-corrected chi connectivity index (χ4v) is 4.12. The van der Waals surface area contributed by atoms with Crippen LogP contribution in [0.2, 0.25) is 0 Å². The third kappa shape index (κ3) is 2.77. The number of fused-ring (bicyclic) bond motifs is 2. The number of nitriles is 1. The summed E-state index contributed by atoms with van der Waals surface area (Å²) in [6, 6.07) is 10.1. The predicted molar refractivity (Wildman–Crippen MR) is 102 cm³/mol. The van der Waals surface area contributed by atoms with Crippen molar-refractivity contribution in [1.29, 1.82) is 5.26 Å². The molecule has 0 radical (unpaired) electrons. The van der Waals surface area contributed by atoms with E-state index in [9.17, 15) is 13.2 Å². The number of nitrogens with zero attached hydrogens (tertiary/aromatic N) is 2. The highest BCUT2D eigenvalue weighted by Crippen LogP contribution is 2.49. The first kappa shape index (κ1) is 19.3. The maximum absolute atomic E-state index is 14.6. The number of methoxy groups -OCH3 is 1. The Morgan fingerprint density at radius 2 is 1.90 bits per heavy atom. The normalized spacial score (nSPS) is 16.4. The maximum atomic E-state index is 14.6. The standard InChI is InChI=1S/C21H19F3N4O/c1-12-7-17(29-2)18(16-5-6-27-19(12)16)20(26,21(22,23)24)28-10-14-4-3-13(9-25)8-15(14)11-28/h3-8,27H,10-11,26H2,1-2H3. The van der Waals surface area contributed by atoms with Crippen molar-refractivity contribution >= 4 is 10.9 Å². The Hall–Kier alpha value is -3.02. The molecular formula is C21H19F3N4O. The SMILES string of the molecule is COc1cc(C)c2[nH]ccc2c1C(N)(N1Cc2ccc(C#N)cc2C1)C(F)(F)F. The molecule has 2 aromatic carbocycles. The Morgan fingerprint density at radius 3 is 2.55 bits per heavy atom. The molecule has 0 amide bonds. The molecule has 1 aromatic heterocycles. The predicted octanol–water partition coefficient (Wildman–Crippen LogP) is 4.05. The van der Waals surface area contributed by atoms with Gasteiger partial charge in [0.05, 0.1) is 18.7 Å². The molecule has 2 heterocycles. The highest BCUT2D eigenvalue weighted by Gasteiger charge is 2.60. The molecule has 5 nitrogen and oxygen atoms in total. The van der Waals surface area contributed by atoms with Crippen LogP contribution in [0.3, 0.4) is 0 Å². The molecule has 8 heteroatoms. The Bertz CT molecular complexity index is 1150. The number of nitrogens with two attached hydrogens (primary N) is 1. The second kappa shape index (κ2) is 6.51. The topological polar surface area (TPSA) is 78.1 Å². The van der Waals surface area contributed by atoms with Crippen molar-refractivity contribution in [1.82, 2.24) is 9.88 Å². The third-order valence-corrected chi connectivity index (χ3v) is 5.59. The van der Waals surface area contributed by atoms with Gasteiger partial charge < -0.3 is 15.5 Å². The monoisotopic (exact) mass is 400 g/mol. The number of hydrogen-bond acceptors (Lipinski definition) is 4. The lowest BCUT2D eigenvalue weighted by Crippen LogP contribution is -2.61. The van der Waals surface area contributed by atoms with Crippen LogP contribution >= 0.6 is 0 Å². The van der Waals surface area contributed by atoms with E-state index in [1.807, 2.05) is 6.07 Å². The van der Waals surface area contributed by atoms with Crippen LogP contribution in [0.25, 0.3) is 10.9 Å². The molecule has 0 saturated carbocycles. The lowest BCUT2D eigenvalue weighted by molar-refractivity contribution is -0.239. The molecule has 1 unspecified atom stereocenters. The summed E-state index contributed by atoms with van der Waals surface area (Å²) in [4.78, 5) is 4.19. The second-order valence-corrected chi connectivity index (χ2v) is 7.25. The Kier molecular flexibility index (Phi) is 4.33. The van der Waals surface area contributed by atoms with E-state index in [2.05, 4.69) is 4.98 Å². The zero-order chi connectivity index (χ0) is 21.0. The van der Waals surface area contributed by atoms with E-state index in [1.165, 1.54) is 12.0 Å². The summed E-state index contributed by atoms with van der Waals surface area (Å²) in [7, 11) is 1.34. The fraction of sp³-hybridized carbons (Fsp3) is 0.286. The number of nitrogens with one attached hydrogen (secondary N) is 1. The molecule has 0 spiro atoms. The number of benzene rings is 2. The van der Waals surface area contributed by atoms with Gasteiger partial charge in [-0.15, -0.1) is 0 Å². The van der Waals surface area contributed by atoms with E-state index < -0.39 is 11.8 Å². The maximum Gasteiger partial charge on any atom is 0.424 e. The van der Waals surface area contributed by atoms with Crippen molar-refractivity contribution in [2.24, 2.45) is 5.73 Å². The summed E-state index contributed by atoms with van der Waals surface area (Å²) in [5.74, 6) is 0.0862. The zero-order valence-corrected chi connectivity index (χ0v) is 15.9. The van der Waals surface area contributed by atoms with Gasteiger partial charge in [0.2, 0.25) is 0 Å². The minimum absolute atomic E-state index is 0.0139. The van der Waals surface area contributed by atoms with E-state index in [1.54, 1.807) is 43.5 Å². The van der Waals surface area contributed by atoms with Crippen molar-refractivity contribution in [3.63, 3.8) is 0 Å². The van der Waals surface area contributed by atoms with Gasteiger partial charge in [0.1, 0.15) is 5.75 Å². The smallest absolute Gasteiger partial charge is 0.424 e. The summed E-state index contributed by atoms with van der Waals surface area (Å²) in [5.41, 5.74) is 6.48. The number of aryl methyl sites for hydroxylation is 1. The van der Waals surface area contributed by atoms with Gasteiger partial charge in [-0.25, -0.2) is 0 Å². The highest BCUT2D eigenvalue weighted by atomic mass is 19.4. The minimum Gasteiger partial charge on any atom is -0.496 e. The Labute approximate surface area is 165 Å². The molecule has 0 saturated heterocycles. The summed E-state index contributed by atoms with van der Waals surface area (Å²) >= 11 is 0. The molecular weight excluding hydrogens is 381 g/mol. The van der Waals surface area contributed by atoms with Gasteiger partial charge in [-0.05, 0) is 47.9 Å². The number of aromatic nitrogens is 1. The van der Waals surface area contributed by atoms with Gasteiger partial charge >= 0.3 is 6.18 Å². The average molecular weight is 400 g/mol. The molecule has 1 atom stereocenters. The Morgan fingerprint density at radius 1 is 1.17 bits per heavy atom. The number of aromatic amines is 1. The van der Waals surface area contributed by atoms with Gasteiger partial charge in [-0.3, -0.25) is 4.90 Å². The molecule has 3 N–H and O–H groups in total. The largest absolute Gasteiger partial charge is 0.496 e. The molecule has 150 valence electrons. The van der Waals surface area contributed by atoms with E-state index in [4.69, 9.17) is 15.7 Å². The van der Waals surface area contributed by atoms with Crippen molar-refractivity contribution in [3.05, 3.63) is 64.3 Å². The van der Waals surface area contributed by atoms with Gasteiger partial charge in [0.25, 0.3) is 0 Å². The van der Waals surface area contributed by atoms with Crippen LogP contribution < -0.4 is 10.5 Å². The van der Waals surface area contributed by atoms with Crippen LogP contribution in [-0.4, -0.2) is 23.2 Å². The summed E-state index contributed by atoms with van der Waals surface area (Å²) < 4.78 is 49.1. The molecule has 0 fully saturated rings. The lowest BCUT2D eigenvalue weighted by atomic mass is 9.91. The first-order valence-electron chi connectivity index (χ1n) is 8.98. The van der Waals surface area contributed by atoms with Crippen LogP contribution in [-0.2, 0) is 18.8 Å². The first-order valence-corrected chi connectivity index (χ1v) is 8.98. The van der Waals surface area contributed by atoms with Gasteiger partial charge in [0.15, 0.2) is 5.66 Å². The van der Waals surface area contributed by atoms with Gasteiger partial charge in [0, 0.05) is 35.8 Å². The number of ether oxygens (including phenoxy) is 1.